The van der Waals surface area contributed by atoms with Crippen LogP contribution < -0.4 is 5.32 Å². The lowest BCUT2D eigenvalue weighted by atomic mass is 9.83. The molecule has 0 radical (unpaired) electrons. The fourth-order valence-corrected chi connectivity index (χ4v) is 3.07. The van der Waals surface area contributed by atoms with Crippen molar-refractivity contribution in [2.24, 2.45) is 5.92 Å². The number of hydrogen-bond donors (Lipinski definition) is 1. The molecule has 6 heteroatoms. The van der Waals surface area contributed by atoms with Crippen LogP contribution in [-0.2, 0) is 14.3 Å². The average Bonchev–Trinajstić information content (AvgIpc) is 2.86. The van der Waals surface area contributed by atoms with Crippen LogP contribution in [0, 0.1) is 5.92 Å². The van der Waals surface area contributed by atoms with Crippen molar-refractivity contribution in [2.75, 3.05) is 13.1 Å². The van der Waals surface area contributed by atoms with Crippen LogP contribution in [0.1, 0.15) is 59.3 Å². The molecule has 0 bridgehead atoms. The number of nitrogens with zero attached hydrogens (tertiary/aromatic N) is 1. The number of Topliss-reactive ketones (excluding diaryl/α,β-unsaturated/α-hetero) is 1. The van der Waals surface area contributed by atoms with Crippen molar-refractivity contribution < 1.29 is 19.1 Å². The number of carbonyl (C=O) groups is 3. The van der Waals surface area contributed by atoms with Crippen LogP contribution in [0.2, 0.25) is 0 Å². The molecule has 1 saturated carbocycles. The molecule has 0 unspecified atom stereocenters. The van der Waals surface area contributed by atoms with E-state index in [9.17, 15) is 14.4 Å². The van der Waals surface area contributed by atoms with Gasteiger partial charge in [0.2, 0.25) is 5.91 Å². The second-order valence-electron chi connectivity index (χ2n) is 7.55. The van der Waals surface area contributed by atoms with E-state index in [0.29, 0.717) is 19.4 Å². The van der Waals surface area contributed by atoms with Gasteiger partial charge in [-0.1, -0.05) is 0 Å². The standard InChI is InChI=1S/C17H28N2O4/c1-17(2,3)23-16(22)19-9-5-7-13(19)6-4-8-18-15(21)12-10-14(20)11-12/h12-13H,4-11H2,1-3H3,(H,18,21)/t13-/m1/s1. The molecule has 1 aliphatic heterocycles. The van der Waals surface area contributed by atoms with Crippen molar-refractivity contribution in [2.45, 2.75) is 70.9 Å². The van der Waals surface area contributed by atoms with Gasteiger partial charge in [0.15, 0.2) is 0 Å². The first-order valence-corrected chi connectivity index (χ1v) is 8.55. The zero-order valence-corrected chi connectivity index (χ0v) is 14.4. The van der Waals surface area contributed by atoms with Crippen LogP contribution in [0.3, 0.4) is 0 Å². The first-order valence-electron chi connectivity index (χ1n) is 8.55. The number of carbonyl (C=O) groups excluding carboxylic acids is 3. The summed E-state index contributed by atoms with van der Waals surface area (Å²) < 4.78 is 5.45. The van der Waals surface area contributed by atoms with Gasteiger partial charge >= 0.3 is 6.09 Å². The highest BCUT2D eigenvalue weighted by Gasteiger charge is 2.33. The fraction of sp³-hybridized carbons (Fsp3) is 0.824. The van der Waals surface area contributed by atoms with E-state index in [1.165, 1.54) is 0 Å². The van der Waals surface area contributed by atoms with Gasteiger partial charge in [0.1, 0.15) is 11.4 Å². The molecule has 1 saturated heterocycles. The Morgan fingerprint density at radius 3 is 2.61 bits per heavy atom. The van der Waals surface area contributed by atoms with Gasteiger partial charge < -0.3 is 15.0 Å². The van der Waals surface area contributed by atoms with Crippen molar-refractivity contribution in [1.29, 1.82) is 0 Å². The fourth-order valence-electron chi connectivity index (χ4n) is 3.07. The second-order valence-corrected chi connectivity index (χ2v) is 7.55. The Labute approximate surface area is 137 Å². The zero-order valence-electron chi connectivity index (χ0n) is 14.4. The molecule has 2 aliphatic rings. The molecule has 1 atom stereocenters. The average molecular weight is 324 g/mol. The summed E-state index contributed by atoms with van der Waals surface area (Å²) in [6, 6.07) is 0.201. The maximum atomic E-state index is 12.2. The molecule has 2 rings (SSSR count). The third-order valence-electron chi connectivity index (χ3n) is 4.34. The first-order chi connectivity index (χ1) is 10.8. The molecule has 0 aromatic rings. The van der Waals surface area contributed by atoms with Gasteiger partial charge in [-0.05, 0) is 46.5 Å². The molecule has 1 heterocycles. The number of ether oxygens (including phenoxy) is 1. The first kappa shape index (κ1) is 17.8. The van der Waals surface area contributed by atoms with Crippen LogP contribution in [-0.4, -0.2) is 47.4 Å². The summed E-state index contributed by atoms with van der Waals surface area (Å²) in [5.41, 5.74) is -0.474. The smallest absolute Gasteiger partial charge is 0.410 e. The quantitative estimate of drug-likeness (QED) is 0.787. The highest BCUT2D eigenvalue weighted by Crippen LogP contribution is 2.24. The van der Waals surface area contributed by atoms with Crippen LogP contribution in [0.15, 0.2) is 0 Å². The van der Waals surface area contributed by atoms with Crippen molar-refractivity contribution in [3.8, 4) is 0 Å². The summed E-state index contributed by atoms with van der Waals surface area (Å²) in [4.78, 5) is 36.6. The number of ketones is 1. The molecular formula is C17H28N2O4. The highest BCUT2D eigenvalue weighted by atomic mass is 16.6. The van der Waals surface area contributed by atoms with Gasteiger partial charge in [-0.2, -0.15) is 0 Å². The molecule has 1 N–H and O–H groups in total. The maximum Gasteiger partial charge on any atom is 0.410 e. The van der Waals surface area contributed by atoms with Crippen LogP contribution >= 0.6 is 0 Å². The normalized spacial score (nSPS) is 22.0. The summed E-state index contributed by atoms with van der Waals surface area (Å²) in [5.74, 6) is 0.0383. The molecule has 23 heavy (non-hydrogen) atoms. The number of nitrogens with one attached hydrogen (secondary N) is 1. The molecular weight excluding hydrogens is 296 g/mol. The molecule has 6 nitrogen and oxygen atoms in total. The van der Waals surface area contributed by atoms with Crippen molar-refractivity contribution in [3.63, 3.8) is 0 Å². The molecule has 130 valence electrons. The van der Waals surface area contributed by atoms with Crippen molar-refractivity contribution in [3.05, 3.63) is 0 Å². The second kappa shape index (κ2) is 7.32. The Morgan fingerprint density at radius 1 is 1.30 bits per heavy atom. The molecule has 2 fully saturated rings. The van der Waals surface area contributed by atoms with E-state index in [4.69, 9.17) is 4.74 Å². The summed E-state index contributed by atoms with van der Waals surface area (Å²) in [6.45, 7) is 6.96. The van der Waals surface area contributed by atoms with E-state index in [1.54, 1.807) is 0 Å². The van der Waals surface area contributed by atoms with Crippen LogP contribution in [0.4, 0.5) is 4.79 Å². The van der Waals surface area contributed by atoms with E-state index >= 15 is 0 Å². The minimum absolute atomic E-state index is 0.0139. The van der Waals surface area contributed by atoms with Crippen molar-refractivity contribution in [1.82, 2.24) is 10.2 Å². The minimum Gasteiger partial charge on any atom is -0.444 e. The SMILES string of the molecule is CC(C)(C)OC(=O)N1CCC[C@H]1CCCNC(=O)C1CC(=O)C1. The van der Waals surface area contributed by atoms with E-state index in [0.717, 1.165) is 32.2 Å². The lowest BCUT2D eigenvalue weighted by Gasteiger charge is -2.28. The van der Waals surface area contributed by atoms with Gasteiger partial charge in [0.25, 0.3) is 0 Å². The Bertz CT molecular complexity index is 462. The zero-order chi connectivity index (χ0) is 17.0. The van der Waals surface area contributed by atoms with E-state index < -0.39 is 5.60 Å². The van der Waals surface area contributed by atoms with Gasteiger partial charge in [-0.3, -0.25) is 9.59 Å². The highest BCUT2D eigenvalue weighted by molar-refractivity contribution is 5.96. The maximum absolute atomic E-state index is 12.2. The predicted octanol–water partition coefficient (Wildman–Crippen LogP) is 2.26. The number of rotatable bonds is 5. The van der Waals surface area contributed by atoms with Gasteiger partial charge in [-0.15, -0.1) is 0 Å². The summed E-state index contributed by atoms with van der Waals surface area (Å²) in [6.07, 6.45) is 4.23. The van der Waals surface area contributed by atoms with Crippen molar-refractivity contribution >= 4 is 17.8 Å². The van der Waals surface area contributed by atoms with Crippen LogP contribution in [0.25, 0.3) is 0 Å². The lowest BCUT2D eigenvalue weighted by molar-refractivity contribution is -0.137. The Morgan fingerprint density at radius 2 is 2.00 bits per heavy atom. The molecule has 2 amide bonds. The number of hydrogen-bond acceptors (Lipinski definition) is 4. The molecule has 0 aromatic heterocycles. The molecule has 0 aromatic carbocycles. The third kappa shape index (κ3) is 5.22. The molecule has 0 spiro atoms. The van der Waals surface area contributed by atoms with Gasteiger partial charge in [0, 0.05) is 32.0 Å². The summed E-state index contributed by atoms with van der Waals surface area (Å²) in [5, 5.41) is 2.89. The van der Waals surface area contributed by atoms with Crippen LogP contribution in [0.5, 0.6) is 0 Å². The third-order valence-corrected chi connectivity index (χ3v) is 4.34. The monoisotopic (exact) mass is 324 g/mol. The number of amides is 2. The number of likely N-dealkylation sites (tertiary alicyclic amines) is 1. The van der Waals surface area contributed by atoms with Gasteiger partial charge in [-0.25, -0.2) is 4.79 Å². The largest absolute Gasteiger partial charge is 0.444 e. The van der Waals surface area contributed by atoms with E-state index in [2.05, 4.69) is 5.32 Å². The summed E-state index contributed by atoms with van der Waals surface area (Å²) in [7, 11) is 0. The van der Waals surface area contributed by atoms with E-state index in [1.807, 2.05) is 25.7 Å². The van der Waals surface area contributed by atoms with E-state index in [-0.39, 0.29) is 29.7 Å². The predicted molar refractivity (Wildman–Crippen MR) is 85.9 cm³/mol. The minimum atomic E-state index is -0.474. The Hall–Kier alpha value is -1.59. The summed E-state index contributed by atoms with van der Waals surface area (Å²) >= 11 is 0. The topological polar surface area (TPSA) is 75.7 Å². The van der Waals surface area contributed by atoms with Gasteiger partial charge in [0.05, 0.1) is 5.92 Å². The molecule has 1 aliphatic carbocycles. The Balaban J connectivity index is 1.67. The Kier molecular flexibility index (Phi) is 5.65. The lowest BCUT2D eigenvalue weighted by Crippen LogP contribution is -2.41.